The number of carboxylic acids is 1. The molecule has 7 heteroatoms. The van der Waals surface area contributed by atoms with E-state index in [0.717, 1.165) is 37.8 Å². The molecule has 2 unspecified atom stereocenters. The predicted molar refractivity (Wildman–Crippen MR) is 117 cm³/mol. The van der Waals surface area contributed by atoms with Gasteiger partial charge in [-0.05, 0) is 62.6 Å². The van der Waals surface area contributed by atoms with Gasteiger partial charge in [-0.3, -0.25) is 4.79 Å². The van der Waals surface area contributed by atoms with Crippen LogP contribution in [0.4, 0.5) is 0 Å². The first-order valence-corrected chi connectivity index (χ1v) is 11.4. The number of hydrogen-bond acceptors (Lipinski definition) is 5. The van der Waals surface area contributed by atoms with E-state index in [1.807, 2.05) is 6.07 Å². The lowest BCUT2D eigenvalue weighted by Crippen LogP contribution is -2.36. The number of carboxylic acid groups (broad SMARTS) is 1. The van der Waals surface area contributed by atoms with Crippen molar-refractivity contribution in [2.45, 2.75) is 83.0 Å². The summed E-state index contributed by atoms with van der Waals surface area (Å²) in [6.45, 7) is 3.28. The second-order valence-corrected chi connectivity index (χ2v) is 8.90. The molecular weight excluding hydrogens is 381 g/mol. The molecule has 0 aromatic heterocycles. The van der Waals surface area contributed by atoms with Gasteiger partial charge in [0.25, 0.3) is 0 Å². The molecule has 1 aromatic rings. The Morgan fingerprint density at radius 1 is 1.20 bits per heavy atom. The zero-order valence-corrected chi connectivity index (χ0v) is 17.9. The van der Waals surface area contributed by atoms with Crippen LogP contribution in [-0.2, 0) is 11.2 Å². The van der Waals surface area contributed by atoms with Crippen LogP contribution < -0.4 is 9.97 Å². The van der Waals surface area contributed by atoms with Crippen molar-refractivity contribution in [3.63, 3.8) is 0 Å². The van der Waals surface area contributed by atoms with Gasteiger partial charge in [-0.25, -0.2) is 4.79 Å². The first-order chi connectivity index (χ1) is 14.5. The molecule has 1 heterocycles. The lowest BCUT2D eigenvalue weighted by molar-refractivity contribution is -0.120. The number of carbonyl (C=O) groups is 2. The number of rotatable bonds is 9. The van der Waals surface area contributed by atoms with Crippen molar-refractivity contribution in [1.29, 1.82) is 0 Å². The third-order valence-corrected chi connectivity index (χ3v) is 6.51. The van der Waals surface area contributed by atoms with Crippen molar-refractivity contribution < 1.29 is 24.4 Å². The lowest BCUT2D eigenvalue weighted by atomic mass is 9.64. The smallest absolute Gasteiger partial charge is 0.526 e. The Kier molecular flexibility index (Phi) is 8.34. The molecule has 1 aliphatic heterocycles. The molecule has 1 aliphatic carbocycles. The van der Waals surface area contributed by atoms with Gasteiger partial charge in [0.05, 0.1) is 5.56 Å². The summed E-state index contributed by atoms with van der Waals surface area (Å²) in [5, 5.41) is 23.3. The summed E-state index contributed by atoms with van der Waals surface area (Å²) in [4.78, 5) is 24.1. The number of fused-ring (bicyclic) bond motifs is 1. The topological polar surface area (TPSA) is 95.9 Å². The summed E-state index contributed by atoms with van der Waals surface area (Å²) in [5.41, 5.74) is 0.797. The standard InChI is InChI=1S/C23H34BNO5/c1-2-3-12-25-19-8-4-6-16(10-11-19)13-20(26)15-18-14-17-7-5-9-21(23(27)28)22(17)30-24(18)29/h5,7,9,16,18-19,25,29H,2-4,6,8,10-15H2,1H3,(H,27,28)/t16?,18-,19?/m1/s1. The molecule has 1 saturated carbocycles. The van der Waals surface area contributed by atoms with Crippen LogP contribution in [-0.4, -0.2) is 41.6 Å². The molecular formula is C23H34BNO5. The number of aromatic carboxylic acids is 1. The van der Waals surface area contributed by atoms with Crippen LogP contribution in [0.1, 0.15) is 80.6 Å². The number of unbranched alkanes of at least 4 members (excludes halogenated alkanes) is 1. The monoisotopic (exact) mass is 415 g/mol. The van der Waals surface area contributed by atoms with Gasteiger partial charge < -0.3 is 20.1 Å². The maximum Gasteiger partial charge on any atom is 0.526 e. The minimum atomic E-state index is -1.15. The minimum absolute atomic E-state index is 0.0527. The first-order valence-electron chi connectivity index (χ1n) is 11.4. The molecule has 0 radical (unpaired) electrons. The van der Waals surface area contributed by atoms with E-state index < -0.39 is 13.1 Å². The number of nitrogens with one attached hydrogen (secondary N) is 1. The zero-order chi connectivity index (χ0) is 21.5. The highest BCUT2D eigenvalue weighted by Crippen LogP contribution is 2.37. The number of ketones is 1. The average Bonchev–Trinajstić information content (AvgIpc) is 2.93. The molecule has 1 fully saturated rings. The molecule has 6 nitrogen and oxygen atoms in total. The molecule has 0 bridgehead atoms. The normalized spacial score (nSPS) is 23.9. The van der Waals surface area contributed by atoms with E-state index in [2.05, 4.69) is 12.2 Å². The molecule has 2 aliphatic rings. The van der Waals surface area contributed by atoms with Crippen molar-refractivity contribution >= 4 is 18.9 Å². The molecule has 3 rings (SSSR count). The number of hydrogen-bond donors (Lipinski definition) is 3. The zero-order valence-electron chi connectivity index (χ0n) is 17.9. The fraction of sp³-hybridized carbons (Fsp3) is 0.652. The van der Waals surface area contributed by atoms with Gasteiger partial charge in [-0.15, -0.1) is 0 Å². The SMILES string of the molecule is CCCCNC1CCCC(CC(=O)C[C@H]2Cc3cccc(C(=O)O)c3OB2O)CC1. The van der Waals surface area contributed by atoms with Gasteiger partial charge in [0.15, 0.2) is 0 Å². The number of para-hydroxylation sites is 1. The molecule has 3 N–H and O–H groups in total. The van der Waals surface area contributed by atoms with E-state index >= 15 is 0 Å². The fourth-order valence-electron chi connectivity index (χ4n) is 4.79. The Balaban J connectivity index is 1.50. The van der Waals surface area contributed by atoms with E-state index in [1.165, 1.54) is 25.3 Å². The van der Waals surface area contributed by atoms with Gasteiger partial charge in [-0.2, -0.15) is 0 Å². The van der Waals surface area contributed by atoms with Gasteiger partial charge in [-0.1, -0.05) is 31.9 Å². The maximum absolute atomic E-state index is 12.7. The molecule has 0 spiro atoms. The summed E-state index contributed by atoms with van der Waals surface area (Å²) in [5.74, 6) is -0.592. The van der Waals surface area contributed by atoms with Gasteiger partial charge in [0, 0.05) is 24.7 Å². The molecule has 0 amide bonds. The second-order valence-electron chi connectivity index (χ2n) is 8.90. The molecule has 30 heavy (non-hydrogen) atoms. The molecule has 1 aromatic carbocycles. The van der Waals surface area contributed by atoms with E-state index in [4.69, 9.17) is 4.65 Å². The van der Waals surface area contributed by atoms with Crippen LogP contribution in [0.15, 0.2) is 18.2 Å². The van der Waals surface area contributed by atoms with Crippen molar-refractivity contribution in [3.8, 4) is 5.75 Å². The van der Waals surface area contributed by atoms with E-state index in [9.17, 15) is 19.7 Å². The van der Waals surface area contributed by atoms with Crippen molar-refractivity contribution in [3.05, 3.63) is 29.3 Å². The summed E-state index contributed by atoms with van der Waals surface area (Å²) >= 11 is 0. The molecule has 0 saturated heterocycles. The largest absolute Gasteiger partial charge is 0.535 e. The van der Waals surface area contributed by atoms with Crippen LogP contribution in [0, 0.1) is 5.92 Å². The van der Waals surface area contributed by atoms with Gasteiger partial charge in [0.2, 0.25) is 0 Å². The number of Topliss-reactive ketones (excluding diaryl/α,β-unsaturated/α-hetero) is 1. The highest BCUT2D eigenvalue weighted by atomic mass is 16.5. The summed E-state index contributed by atoms with van der Waals surface area (Å²) in [6.07, 6.45) is 9.33. The van der Waals surface area contributed by atoms with Crippen molar-refractivity contribution in [2.24, 2.45) is 5.92 Å². The summed E-state index contributed by atoms with van der Waals surface area (Å²) < 4.78 is 5.52. The second kappa shape index (κ2) is 11.0. The van der Waals surface area contributed by atoms with Gasteiger partial charge >= 0.3 is 13.1 Å². The third-order valence-electron chi connectivity index (χ3n) is 6.51. The Morgan fingerprint density at radius 2 is 2.03 bits per heavy atom. The number of carbonyl (C=O) groups excluding carboxylic acids is 1. The third kappa shape index (κ3) is 6.08. The van der Waals surface area contributed by atoms with E-state index in [1.54, 1.807) is 6.07 Å². The average molecular weight is 415 g/mol. The Hall–Kier alpha value is -1.86. The molecule has 3 atom stereocenters. The maximum atomic E-state index is 12.7. The lowest BCUT2D eigenvalue weighted by Gasteiger charge is -2.28. The van der Waals surface area contributed by atoms with Gasteiger partial charge in [0.1, 0.15) is 11.5 Å². The Bertz CT molecular complexity index is 740. The van der Waals surface area contributed by atoms with Crippen LogP contribution >= 0.6 is 0 Å². The van der Waals surface area contributed by atoms with Crippen molar-refractivity contribution in [1.82, 2.24) is 5.32 Å². The summed E-state index contributed by atoms with van der Waals surface area (Å²) in [6, 6.07) is 5.53. The quantitative estimate of drug-likeness (QED) is 0.322. The fourth-order valence-corrected chi connectivity index (χ4v) is 4.79. The van der Waals surface area contributed by atoms with Crippen molar-refractivity contribution in [2.75, 3.05) is 6.54 Å². The highest BCUT2D eigenvalue weighted by molar-refractivity contribution is 6.47. The highest BCUT2D eigenvalue weighted by Gasteiger charge is 2.38. The Labute approximate surface area is 179 Å². The van der Waals surface area contributed by atoms with E-state index in [-0.39, 0.29) is 29.3 Å². The Morgan fingerprint density at radius 3 is 2.80 bits per heavy atom. The summed E-state index contributed by atoms with van der Waals surface area (Å²) in [7, 11) is -1.15. The van der Waals surface area contributed by atoms with Crippen LogP contribution in [0.2, 0.25) is 5.82 Å². The minimum Gasteiger partial charge on any atom is -0.535 e. The van der Waals surface area contributed by atoms with Crippen LogP contribution in [0.3, 0.4) is 0 Å². The first kappa shape index (κ1) is 22.8. The van der Waals surface area contributed by atoms with E-state index in [0.29, 0.717) is 24.8 Å². The van der Waals surface area contributed by atoms with Crippen LogP contribution in [0.25, 0.3) is 0 Å². The predicted octanol–water partition coefficient (Wildman–Crippen LogP) is 3.86. The molecule has 164 valence electrons. The number of benzene rings is 1. The van der Waals surface area contributed by atoms with Crippen LogP contribution in [0.5, 0.6) is 5.75 Å².